The van der Waals surface area contributed by atoms with Crippen molar-refractivity contribution in [3.63, 3.8) is 0 Å². The first-order valence-corrected chi connectivity index (χ1v) is 7.44. The molecule has 2 aromatic rings. The summed E-state index contributed by atoms with van der Waals surface area (Å²) in [4.78, 5) is 12.1. The van der Waals surface area contributed by atoms with Crippen molar-refractivity contribution in [1.29, 1.82) is 0 Å². The largest absolute Gasteiger partial charge is 0.321 e. The van der Waals surface area contributed by atoms with E-state index in [0.29, 0.717) is 20.7 Å². The van der Waals surface area contributed by atoms with Crippen molar-refractivity contribution in [3.05, 3.63) is 60.8 Å². The van der Waals surface area contributed by atoms with Crippen molar-refractivity contribution in [1.82, 2.24) is 0 Å². The predicted molar refractivity (Wildman–Crippen MR) is 86.2 cm³/mol. The summed E-state index contributed by atoms with van der Waals surface area (Å²) < 4.78 is 14.5. The molecule has 0 fully saturated rings. The molecule has 6 heteroatoms. The van der Waals surface area contributed by atoms with Crippen molar-refractivity contribution in [3.8, 4) is 0 Å². The molecule has 98 valence electrons. The molecule has 1 amide bonds. The van der Waals surface area contributed by atoms with Gasteiger partial charge in [-0.15, -0.1) is 0 Å². The number of rotatable bonds is 2. The molecule has 0 heterocycles. The van der Waals surface area contributed by atoms with Gasteiger partial charge < -0.3 is 5.32 Å². The number of amides is 1. The van der Waals surface area contributed by atoms with Crippen molar-refractivity contribution in [2.45, 2.75) is 0 Å². The number of nitrogens with one attached hydrogen (secondary N) is 1. The van der Waals surface area contributed by atoms with E-state index < -0.39 is 5.82 Å². The minimum absolute atomic E-state index is 0.335. The molecule has 0 atom stereocenters. The van der Waals surface area contributed by atoms with E-state index in [1.807, 2.05) is 22.6 Å². The first kappa shape index (κ1) is 14.7. The Labute approximate surface area is 136 Å². The third-order valence-electron chi connectivity index (χ3n) is 2.35. The van der Waals surface area contributed by atoms with Crippen LogP contribution in [0.2, 0.25) is 5.02 Å². The standard InChI is InChI=1S/C13H7BrClFINO/c14-10-3-2-8(16)6-12(10)18-13(19)9-5-7(15)1-4-11(9)17/h1-6H,(H,18,19). The molecule has 1 N–H and O–H groups in total. The van der Waals surface area contributed by atoms with Crippen LogP contribution >= 0.6 is 50.1 Å². The van der Waals surface area contributed by atoms with Gasteiger partial charge in [0.1, 0.15) is 5.82 Å². The first-order chi connectivity index (χ1) is 8.97. The van der Waals surface area contributed by atoms with Gasteiger partial charge in [0.25, 0.3) is 5.91 Å². The first-order valence-electron chi connectivity index (χ1n) is 5.19. The molecule has 0 aliphatic rings. The van der Waals surface area contributed by atoms with Crippen molar-refractivity contribution >= 4 is 61.7 Å². The van der Waals surface area contributed by atoms with Crippen molar-refractivity contribution in [2.24, 2.45) is 0 Å². The summed E-state index contributed by atoms with van der Waals surface area (Å²) in [6, 6.07) is 9.12. The molecule has 0 unspecified atom stereocenters. The molecule has 0 saturated heterocycles. The number of benzene rings is 2. The number of carbonyl (C=O) groups excluding carboxylic acids is 1. The van der Waals surface area contributed by atoms with E-state index in [0.717, 1.165) is 3.57 Å². The molecular formula is C13H7BrClFINO. The molecule has 0 radical (unpaired) electrons. The van der Waals surface area contributed by atoms with Crippen LogP contribution in [0, 0.1) is 9.39 Å². The Kier molecular flexibility index (Phi) is 4.81. The highest BCUT2D eigenvalue weighted by Gasteiger charge is 2.12. The molecular weight excluding hydrogens is 447 g/mol. The predicted octanol–water partition coefficient (Wildman–Crippen LogP) is 5.10. The summed E-state index contributed by atoms with van der Waals surface area (Å²) >= 11 is 11.2. The number of anilines is 1. The fraction of sp³-hybridized carbons (Fsp3) is 0. The zero-order valence-corrected chi connectivity index (χ0v) is 13.9. The van der Waals surface area contributed by atoms with Crippen LogP contribution in [-0.2, 0) is 0 Å². The Bertz CT molecular complexity index is 651. The van der Waals surface area contributed by atoms with E-state index in [9.17, 15) is 9.18 Å². The smallest absolute Gasteiger partial charge is 0.256 e. The van der Waals surface area contributed by atoms with Crippen LogP contribution in [0.3, 0.4) is 0 Å². The average molecular weight is 454 g/mol. The van der Waals surface area contributed by atoms with Crippen LogP contribution in [0.4, 0.5) is 10.1 Å². The Morgan fingerprint density at radius 2 is 2.00 bits per heavy atom. The Morgan fingerprint density at radius 3 is 2.74 bits per heavy atom. The van der Waals surface area contributed by atoms with Crippen molar-refractivity contribution < 1.29 is 9.18 Å². The fourth-order valence-electron chi connectivity index (χ4n) is 1.45. The maximum absolute atomic E-state index is 13.1. The molecule has 2 aromatic carbocycles. The third-order valence-corrected chi connectivity index (χ3v) is 4.22. The zero-order valence-electron chi connectivity index (χ0n) is 9.38. The summed E-state index contributed by atoms with van der Waals surface area (Å²) in [5.74, 6) is -0.752. The van der Waals surface area contributed by atoms with E-state index in [4.69, 9.17) is 11.6 Å². The average Bonchev–Trinajstić information content (AvgIpc) is 2.36. The Morgan fingerprint density at radius 1 is 1.26 bits per heavy atom. The lowest BCUT2D eigenvalue weighted by atomic mass is 10.2. The van der Waals surface area contributed by atoms with E-state index >= 15 is 0 Å². The van der Waals surface area contributed by atoms with Crippen molar-refractivity contribution in [2.75, 3.05) is 5.32 Å². The van der Waals surface area contributed by atoms with Gasteiger partial charge in [-0.05, 0) is 74.9 Å². The SMILES string of the molecule is O=C(Nc1cc(F)ccc1Br)c1cc(Cl)ccc1I. The minimum atomic E-state index is -0.417. The molecule has 2 nitrogen and oxygen atoms in total. The summed E-state index contributed by atoms with van der Waals surface area (Å²) in [5, 5.41) is 3.12. The maximum atomic E-state index is 13.1. The van der Waals surface area contributed by atoms with Gasteiger partial charge in [-0.3, -0.25) is 4.79 Å². The van der Waals surface area contributed by atoms with Gasteiger partial charge in [0.15, 0.2) is 0 Å². The molecule has 0 aromatic heterocycles. The van der Waals surface area contributed by atoms with Crippen LogP contribution in [0.5, 0.6) is 0 Å². The lowest BCUT2D eigenvalue weighted by Gasteiger charge is -2.09. The van der Waals surface area contributed by atoms with Crippen LogP contribution in [0.15, 0.2) is 40.9 Å². The molecule has 0 spiro atoms. The van der Waals surface area contributed by atoms with Gasteiger partial charge in [-0.1, -0.05) is 11.6 Å². The molecule has 0 aliphatic heterocycles. The van der Waals surface area contributed by atoms with Gasteiger partial charge in [0.2, 0.25) is 0 Å². The summed E-state index contributed by atoms with van der Waals surface area (Å²) in [5.41, 5.74) is 0.824. The zero-order chi connectivity index (χ0) is 14.0. The number of carbonyl (C=O) groups is 1. The van der Waals surface area contributed by atoms with Gasteiger partial charge in [0, 0.05) is 13.1 Å². The topological polar surface area (TPSA) is 29.1 Å². The summed E-state index contributed by atoms with van der Waals surface area (Å²) in [6.45, 7) is 0. The lowest BCUT2D eigenvalue weighted by molar-refractivity contribution is 0.102. The van der Waals surface area contributed by atoms with Crippen LogP contribution in [0.25, 0.3) is 0 Å². The van der Waals surface area contributed by atoms with Gasteiger partial charge in [0.05, 0.1) is 11.3 Å². The highest BCUT2D eigenvalue weighted by Crippen LogP contribution is 2.25. The van der Waals surface area contributed by atoms with E-state index in [2.05, 4.69) is 21.2 Å². The highest BCUT2D eigenvalue weighted by molar-refractivity contribution is 14.1. The minimum Gasteiger partial charge on any atom is -0.321 e. The summed E-state index contributed by atoms with van der Waals surface area (Å²) in [6.07, 6.45) is 0. The number of hydrogen-bond donors (Lipinski definition) is 1. The second kappa shape index (κ2) is 6.19. The fourth-order valence-corrected chi connectivity index (χ4v) is 2.55. The normalized spacial score (nSPS) is 10.3. The lowest BCUT2D eigenvalue weighted by Crippen LogP contribution is -2.14. The Balaban J connectivity index is 2.30. The number of hydrogen-bond acceptors (Lipinski definition) is 1. The molecule has 2 rings (SSSR count). The summed E-state index contributed by atoms with van der Waals surface area (Å²) in [7, 11) is 0. The van der Waals surface area contributed by atoms with Crippen LogP contribution in [-0.4, -0.2) is 5.91 Å². The van der Waals surface area contributed by atoms with Gasteiger partial charge in [-0.25, -0.2) is 4.39 Å². The molecule has 0 aliphatic carbocycles. The van der Waals surface area contributed by atoms with Crippen LogP contribution < -0.4 is 5.32 Å². The monoisotopic (exact) mass is 453 g/mol. The maximum Gasteiger partial charge on any atom is 0.256 e. The van der Waals surface area contributed by atoms with E-state index in [1.54, 1.807) is 18.2 Å². The third kappa shape index (κ3) is 3.67. The molecule has 19 heavy (non-hydrogen) atoms. The van der Waals surface area contributed by atoms with Gasteiger partial charge in [-0.2, -0.15) is 0 Å². The van der Waals surface area contributed by atoms with E-state index in [-0.39, 0.29) is 5.91 Å². The second-order valence-corrected chi connectivity index (χ2v) is 6.16. The van der Waals surface area contributed by atoms with Gasteiger partial charge >= 0.3 is 0 Å². The molecule has 0 bridgehead atoms. The second-order valence-electron chi connectivity index (χ2n) is 3.70. The quantitative estimate of drug-likeness (QED) is 0.629. The number of halogens is 4. The Hall–Kier alpha value is -0.660. The van der Waals surface area contributed by atoms with E-state index in [1.165, 1.54) is 18.2 Å². The highest BCUT2D eigenvalue weighted by atomic mass is 127. The molecule has 0 saturated carbocycles. The van der Waals surface area contributed by atoms with Crippen LogP contribution in [0.1, 0.15) is 10.4 Å².